The first-order valence-electron chi connectivity index (χ1n) is 9.56. The van der Waals surface area contributed by atoms with E-state index in [1.54, 1.807) is 16.9 Å². The molecule has 28 heavy (non-hydrogen) atoms. The van der Waals surface area contributed by atoms with Gasteiger partial charge >= 0.3 is 0 Å². The van der Waals surface area contributed by atoms with Gasteiger partial charge in [0, 0.05) is 23.9 Å². The lowest BCUT2D eigenvalue weighted by Crippen LogP contribution is -2.35. The van der Waals surface area contributed by atoms with E-state index >= 15 is 0 Å². The molecule has 4 rings (SSSR count). The highest BCUT2D eigenvalue weighted by Crippen LogP contribution is 2.32. The van der Waals surface area contributed by atoms with Gasteiger partial charge in [0.15, 0.2) is 0 Å². The third-order valence-corrected chi connectivity index (χ3v) is 5.17. The largest absolute Gasteiger partial charge is 0.384 e. The highest BCUT2D eigenvalue weighted by Gasteiger charge is 2.25. The zero-order valence-electron chi connectivity index (χ0n) is 15.9. The number of nitrogens with one attached hydrogen (secondary N) is 1. The van der Waals surface area contributed by atoms with Crippen molar-refractivity contribution in [2.45, 2.75) is 26.3 Å². The van der Waals surface area contributed by atoms with Crippen LogP contribution in [0.3, 0.4) is 0 Å². The molecule has 0 bridgehead atoms. The van der Waals surface area contributed by atoms with Crippen molar-refractivity contribution in [3.63, 3.8) is 0 Å². The molecule has 1 aromatic carbocycles. The smallest absolute Gasteiger partial charge is 0.251 e. The van der Waals surface area contributed by atoms with E-state index in [0.717, 1.165) is 29.3 Å². The Balaban J connectivity index is 1.40. The number of nitrogens with two attached hydrogens (primary N) is 1. The molecule has 1 aliphatic carbocycles. The Kier molecular flexibility index (Phi) is 5.06. The van der Waals surface area contributed by atoms with Gasteiger partial charge in [0.05, 0.1) is 12.7 Å². The molecule has 7 nitrogen and oxygen atoms in total. The van der Waals surface area contributed by atoms with Gasteiger partial charge in [-0.1, -0.05) is 24.3 Å². The lowest BCUT2D eigenvalue weighted by Gasteiger charge is -2.32. The second kappa shape index (κ2) is 7.80. The second-order valence-corrected chi connectivity index (χ2v) is 7.62. The van der Waals surface area contributed by atoms with Gasteiger partial charge in [-0.2, -0.15) is 0 Å². The molecule has 3 aromatic rings. The van der Waals surface area contributed by atoms with Gasteiger partial charge in [-0.15, -0.1) is 5.10 Å². The van der Waals surface area contributed by atoms with Crippen molar-refractivity contribution in [2.24, 2.45) is 11.8 Å². The molecule has 2 aromatic heterocycles. The van der Waals surface area contributed by atoms with E-state index < -0.39 is 0 Å². The molecule has 0 radical (unpaired) electrons. The Morgan fingerprint density at radius 2 is 2.14 bits per heavy atom. The number of anilines is 1. The van der Waals surface area contributed by atoms with Crippen LogP contribution in [0.25, 0.3) is 11.3 Å². The number of amides is 1. The maximum absolute atomic E-state index is 12.4. The van der Waals surface area contributed by atoms with Crippen LogP contribution in [0.15, 0.2) is 48.8 Å². The molecule has 0 atom stereocenters. The molecule has 0 saturated heterocycles. The number of benzene rings is 1. The van der Waals surface area contributed by atoms with Crippen molar-refractivity contribution in [1.82, 2.24) is 25.3 Å². The molecule has 2 heterocycles. The summed E-state index contributed by atoms with van der Waals surface area (Å²) in [7, 11) is 0. The predicted molar refractivity (Wildman–Crippen MR) is 107 cm³/mol. The van der Waals surface area contributed by atoms with Crippen molar-refractivity contribution < 1.29 is 4.79 Å². The fraction of sp³-hybridized carbons (Fsp3) is 0.333. The number of carbonyl (C=O) groups excluding carboxylic acids is 1. The molecule has 0 unspecified atom stereocenters. The maximum atomic E-state index is 12.4. The predicted octanol–water partition coefficient (Wildman–Crippen LogP) is 2.75. The van der Waals surface area contributed by atoms with Crippen LogP contribution in [0.5, 0.6) is 0 Å². The first kappa shape index (κ1) is 18.2. The van der Waals surface area contributed by atoms with Crippen LogP contribution in [-0.4, -0.2) is 32.4 Å². The highest BCUT2D eigenvalue weighted by atomic mass is 16.1. The standard InChI is InChI=1S/C21H24N6O/c1-14-7-16(8-14)11-24-21(28)18-4-2-3-15(9-18)12-27-13-19(25-26-27)17-5-6-23-20(22)10-17/h2-6,9-10,13-14,16H,7-8,11-12H2,1H3,(H2,22,23)(H,24,28). The van der Waals surface area contributed by atoms with Crippen LogP contribution in [0.1, 0.15) is 35.7 Å². The summed E-state index contributed by atoms with van der Waals surface area (Å²) in [6.07, 6.45) is 5.92. The zero-order valence-corrected chi connectivity index (χ0v) is 15.9. The molecule has 0 aliphatic heterocycles. The molecule has 7 heteroatoms. The minimum absolute atomic E-state index is 0.0204. The van der Waals surface area contributed by atoms with Crippen LogP contribution in [0.2, 0.25) is 0 Å². The first-order valence-corrected chi connectivity index (χ1v) is 9.56. The van der Waals surface area contributed by atoms with E-state index in [1.165, 1.54) is 12.8 Å². The van der Waals surface area contributed by atoms with Crippen molar-refractivity contribution >= 4 is 11.7 Å². The van der Waals surface area contributed by atoms with Gasteiger partial charge in [-0.3, -0.25) is 4.79 Å². The van der Waals surface area contributed by atoms with E-state index in [-0.39, 0.29) is 5.91 Å². The molecule has 1 amide bonds. The molecule has 1 aliphatic rings. The molecule has 1 fully saturated rings. The van der Waals surface area contributed by atoms with Gasteiger partial charge in [0.1, 0.15) is 11.5 Å². The van der Waals surface area contributed by atoms with E-state index in [2.05, 4.69) is 27.5 Å². The van der Waals surface area contributed by atoms with Gasteiger partial charge < -0.3 is 11.1 Å². The molecule has 0 spiro atoms. The molecule has 1 saturated carbocycles. The third-order valence-electron chi connectivity index (χ3n) is 5.17. The van der Waals surface area contributed by atoms with Crippen molar-refractivity contribution in [1.29, 1.82) is 0 Å². The van der Waals surface area contributed by atoms with Crippen molar-refractivity contribution in [3.05, 3.63) is 59.9 Å². The summed E-state index contributed by atoms with van der Waals surface area (Å²) in [6, 6.07) is 11.2. The Morgan fingerprint density at radius 1 is 1.29 bits per heavy atom. The second-order valence-electron chi connectivity index (χ2n) is 7.62. The quantitative estimate of drug-likeness (QED) is 0.689. The summed E-state index contributed by atoms with van der Waals surface area (Å²) in [5.74, 6) is 1.84. The molecule has 144 valence electrons. The van der Waals surface area contributed by atoms with Crippen LogP contribution < -0.4 is 11.1 Å². The van der Waals surface area contributed by atoms with Gasteiger partial charge in [0.2, 0.25) is 0 Å². The fourth-order valence-electron chi connectivity index (χ4n) is 3.69. The average Bonchev–Trinajstić information content (AvgIpc) is 3.13. The number of nitrogen functional groups attached to an aromatic ring is 1. The van der Waals surface area contributed by atoms with Crippen LogP contribution in [0.4, 0.5) is 5.82 Å². The molecule has 3 N–H and O–H groups in total. The summed E-state index contributed by atoms with van der Waals surface area (Å²) < 4.78 is 1.75. The number of hydrogen-bond donors (Lipinski definition) is 2. The van der Waals surface area contributed by atoms with E-state index in [0.29, 0.717) is 23.8 Å². The van der Waals surface area contributed by atoms with Gasteiger partial charge in [-0.05, 0) is 54.5 Å². The van der Waals surface area contributed by atoms with Gasteiger partial charge in [0.25, 0.3) is 5.91 Å². The first-order chi connectivity index (χ1) is 13.6. The van der Waals surface area contributed by atoms with Gasteiger partial charge in [-0.25, -0.2) is 9.67 Å². The van der Waals surface area contributed by atoms with Crippen molar-refractivity contribution in [2.75, 3.05) is 12.3 Å². The Labute approximate surface area is 164 Å². The Bertz CT molecular complexity index is 976. The SMILES string of the molecule is CC1CC(CNC(=O)c2cccc(Cn3cc(-c4ccnc(N)c4)nn3)c2)C1. The lowest BCUT2D eigenvalue weighted by atomic mass is 9.76. The molecular formula is C21H24N6O. The van der Waals surface area contributed by atoms with E-state index in [4.69, 9.17) is 5.73 Å². The summed E-state index contributed by atoms with van der Waals surface area (Å²) in [6.45, 7) is 3.55. The monoisotopic (exact) mass is 376 g/mol. The minimum atomic E-state index is -0.0204. The number of nitrogens with zero attached hydrogens (tertiary/aromatic N) is 4. The lowest BCUT2D eigenvalue weighted by molar-refractivity contribution is 0.0927. The summed E-state index contributed by atoms with van der Waals surface area (Å²) >= 11 is 0. The molecular weight excluding hydrogens is 352 g/mol. The number of aromatic nitrogens is 4. The zero-order chi connectivity index (χ0) is 19.5. The van der Waals surface area contributed by atoms with Crippen LogP contribution in [0, 0.1) is 11.8 Å². The van der Waals surface area contributed by atoms with E-state index in [9.17, 15) is 4.79 Å². The summed E-state index contributed by atoms with van der Waals surface area (Å²) in [5.41, 5.74) is 9.01. The Hall–Kier alpha value is -3.22. The van der Waals surface area contributed by atoms with Crippen molar-refractivity contribution in [3.8, 4) is 11.3 Å². The number of pyridine rings is 1. The third kappa shape index (κ3) is 4.19. The summed E-state index contributed by atoms with van der Waals surface area (Å²) in [4.78, 5) is 16.4. The average molecular weight is 376 g/mol. The minimum Gasteiger partial charge on any atom is -0.384 e. The van der Waals surface area contributed by atoms with Crippen LogP contribution in [-0.2, 0) is 6.54 Å². The Morgan fingerprint density at radius 3 is 2.93 bits per heavy atom. The topological polar surface area (TPSA) is 98.7 Å². The normalized spacial score (nSPS) is 18.5. The summed E-state index contributed by atoms with van der Waals surface area (Å²) in [5, 5.41) is 11.4. The number of rotatable bonds is 6. The maximum Gasteiger partial charge on any atom is 0.251 e. The number of hydrogen-bond acceptors (Lipinski definition) is 5. The highest BCUT2D eigenvalue weighted by molar-refractivity contribution is 5.94. The van der Waals surface area contributed by atoms with E-state index in [1.807, 2.05) is 36.5 Å². The number of carbonyl (C=O) groups is 1. The van der Waals surface area contributed by atoms with Crippen LogP contribution >= 0.6 is 0 Å². The fourth-order valence-corrected chi connectivity index (χ4v) is 3.69.